The summed E-state index contributed by atoms with van der Waals surface area (Å²) in [5, 5.41) is 18.8. The quantitative estimate of drug-likeness (QED) is 0.109. The molecule has 0 spiro atoms. The van der Waals surface area contributed by atoms with Crippen molar-refractivity contribution in [2.75, 3.05) is 0 Å². The van der Waals surface area contributed by atoms with Crippen LogP contribution in [0.2, 0.25) is 0 Å². The summed E-state index contributed by atoms with van der Waals surface area (Å²) in [6.45, 7) is 55.1. The molecule has 0 saturated heterocycles. The highest BCUT2D eigenvalue weighted by Gasteiger charge is 2.28. The molecule has 16 aromatic rings. The number of halogens is 3. The molecule has 538 valence electrons. The van der Waals surface area contributed by atoms with Crippen molar-refractivity contribution in [1.29, 1.82) is 0 Å². The average Bonchev–Trinajstić information content (AvgIpc) is 1.59. The lowest BCUT2D eigenvalue weighted by Crippen LogP contribution is -2.11. The number of fused-ring (bicyclic) bond motifs is 12. The van der Waals surface area contributed by atoms with Gasteiger partial charge in [-0.05, 0) is 233 Å². The van der Waals surface area contributed by atoms with Crippen LogP contribution in [-0.2, 0) is 43.3 Å². The normalized spacial score (nSPS) is 13.0. The zero-order valence-electron chi connectivity index (χ0n) is 66.1. The van der Waals surface area contributed by atoms with Crippen LogP contribution in [0.4, 0.5) is 0 Å². The van der Waals surface area contributed by atoms with Gasteiger partial charge in [0.15, 0.2) is 4.30 Å². The van der Waals surface area contributed by atoms with Crippen LogP contribution < -0.4 is 0 Å². The van der Waals surface area contributed by atoms with Crippen molar-refractivity contribution in [3.8, 4) is 0 Å². The highest BCUT2D eigenvalue weighted by atomic mass is 35.6. The fourth-order valence-corrected chi connectivity index (χ4v) is 16.8. The fraction of sp³-hybridized carbons (Fsp3) is 0.340. The minimum absolute atomic E-state index is 0.0232. The lowest BCUT2D eigenvalue weighted by atomic mass is 9.84. The van der Waals surface area contributed by atoms with E-state index in [0.29, 0.717) is 0 Å². The van der Waals surface area contributed by atoms with Gasteiger partial charge >= 0.3 is 0 Å². The second kappa shape index (κ2) is 25.8. The van der Waals surface area contributed by atoms with Gasteiger partial charge in [-0.1, -0.05) is 225 Å². The Balaban J connectivity index is 0.000000170. The van der Waals surface area contributed by atoms with Crippen molar-refractivity contribution in [3.63, 3.8) is 0 Å². The first-order valence-electron chi connectivity index (χ1n) is 37.0. The molecule has 0 unspecified atom stereocenters. The topological polar surface area (TPSA) is 63.2 Å². The standard InChI is InChI=1S/2C48H48N2S.CHCl3/c2*1-45(2,3)29-19-27-15-13-14-16-28-20-30(46(4,5)6)22-34-36-24-32(48(10,11)12)26-38(44(36)50-42(28)34)40-18-17-39(51-40)37-25-31(47(7,8)9)23-35-33(21-29)41(27)49-43(35)37;2-1(3)4/h2*17-26,49-50H,1-12H3;1H. The summed E-state index contributed by atoms with van der Waals surface area (Å²) in [6, 6.07) is 74.4. The van der Waals surface area contributed by atoms with Gasteiger partial charge in [-0.25, -0.2) is 0 Å². The van der Waals surface area contributed by atoms with Crippen LogP contribution in [0.1, 0.15) is 211 Å². The van der Waals surface area contributed by atoms with Crippen molar-refractivity contribution >= 4 is 207 Å². The van der Waals surface area contributed by atoms with Crippen LogP contribution in [-0.4, -0.2) is 24.2 Å². The predicted octanol–water partition coefficient (Wildman–Crippen LogP) is 30.0. The molecule has 8 heterocycles. The van der Waals surface area contributed by atoms with Gasteiger partial charge in [-0.15, -0.1) is 22.7 Å². The molecular formula is C97H97Cl3N4S2. The molecule has 4 nitrogen and oxygen atoms in total. The van der Waals surface area contributed by atoms with Crippen LogP contribution in [0, 0.1) is 48.5 Å². The molecule has 9 heteroatoms. The molecule has 0 fully saturated rings. The summed E-state index contributed by atoms with van der Waals surface area (Å²) in [4.78, 5) is 15.6. The minimum Gasteiger partial charge on any atom is -0.353 e. The van der Waals surface area contributed by atoms with E-state index in [1.165, 1.54) is 128 Å². The average molecular weight is 1490 g/mol. The number of nitrogens with one attached hydrogen (secondary N) is 4. The number of aromatic amines is 4. The smallest absolute Gasteiger partial charge is 0.180 e. The first-order valence-corrected chi connectivity index (χ1v) is 40.0. The zero-order chi connectivity index (χ0) is 76.4. The van der Waals surface area contributed by atoms with E-state index in [2.05, 4.69) is 356 Å². The largest absolute Gasteiger partial charge is 0.353 e. The van der Waals surface area contributed by atoms with Crippen LogP contribution >= 0.6 is 57.5 Å². The maximum absolute atomic E-state index is 4.81. The molecule has 0 aliphatic carbocycles. The SMILES string of the molecule is CC(C)(C)c1cc2c#cc#cc3cc(C(C)(C)C)cc4c5cc(C(C)(C)C)cc(c6ccc(s6)c6cc(C(C)(C)C)cc7c(c1)c2[nH]c67)c5[nH]c34.CC(C)(C)c1cc2c#cc#cc3cc(C(C)(C)C)cc4c5cc(C(C)(C)C)cc(c6ccc(s6)c6cc(C(C)(C)C)cc7c(c1)c2[nH]c67)c5[nH]c34.ClC(Cl)Cl. The molecule has 16 rings (SSSR count). The monoisotopic (exact) mass is 1490 g/mol. The van der Waals surface area contributed by atoms with Gasteiger partial charge in [0.2, 0.25) is 0 Å². The summed E-state index contributed by atoms with van der Waals surface area (Å²) < 4.78 is 4.27. The number of rotatable bonds is 0. The molecule has 0 radical (unpaired) electrons. The molecule has 0 aliphatic rings. The van der Waals surface area contributed by atoms with Gasteiger partial charge in [0, 0.05) is 105 Å². The molecule has 8 aromatic heterocycles. The number of aromatic nitrogens is 4. The molecule has 8 aromatic carbocycles. The highest BCUT2D eigenvalue weighted by molar-refractivity contribution is 7.25. The van der Waals surface area contributed by atoms with E-state index in [1.54, 1.807) is 0 Å². The minimum atomic E-state index is -0.750. The number of alkyl halides is 3. The van der Waals surface area contributed by atoms with Crippen LogP contribution in [0.5, 0.6) is 0 Å². The molecule has 12 bridgehead atoms. The summed E-state index contributed by atoms with van der Waals surface area (Å²) in [6.07, 6.45) is 0. The van der Waals surface area contributed by atoms with E-state index in [1.807, 2.05) is 22.7 Å². The Kier molecular flexibility index (Phi) is 18.1. The van der Waals surface area contributed by atoms with E-state index in [4.69, 9.17) is 34.8 Å². The lowest BCUT2D eigenvalue weighted by Gasteiger charge is -2.20. The second-order valence-corrected chi connectivity index (χ2v) is 41.8. The van der Waals surface area contributed by atoms with Gasteiger partial charge in [-0.3, -0.25) is 0 Å². The third-order valence-electron chi connectivity index (χ3n) is 21.4. The summed E-state index contributed by atoms with van der Waals surface area (Å²) in [5.74, 6) is 0. The van der Waals surface area contributed by atoms with Gasteiger partial charge in [0.1, 0.15) is 0 Å². The van der Waals surface area contributed by atoms with E-state index in [0.717, 1.165) is 65.7 Å². The number of thiophene rings is 2. The molecular weight excluding hydrogens is 1390 g/mol. The summed E-state index contributed by atoms with van der Waals surface area (Å²) >= 11 is 18.2. The Morgan fingerprint density at radius 1 is 0.226 bits per heavy atom. The van der Waals surface area contributed by atoms with Crippen molar-refractivity contribution in [2.24, 2.45) is 0 Å². The van der Waals surface area contributed by atoms with E-state index >= 15 is 0 Å². The number of H-pyrrole nitrogens is 4. The van der Waals surface area contributed by atoms with Crippen LogP contribution in [0.15, 0.2) is 121 Å². The Labute approximate surface area is 649 Å². The number of benzene rings is 8. The predicted molar refractivity (Wildman–Crippen MR) is 468 cm³/mol. The number of hydrogen-bond donors (Lipinski definition) is 4. The molecule has 106 heavy (non-hydrogen) atoms. The molecule has 4 N–H and O–H groups in total. The highest BCUT2D eigenvalue weighted by Crippen LogP contribution is 2.47. The Morgan fingerprint density at radius 2 is 0.368 bits per heavy atom. The fourth-order valence-electron chi connectivity index (χ4n) is 14.7. The van der Waals surface area contributed by atoms with Crippen molar-refractivity contribution in [1.82, 2.24) is 19.9 Å². The number of hydrogen-bond acceptors (Lipinski definition) is 2. The first-order chi connectivity index (χ1) is 49.3. The van der Waals surface area contributed by atoms with Gasteiger partial charge in [0.25, 0.3) is 0 Å². The van der Waals surface area contributed by atoms with E-state index in [9.17, 15) is 0 Å². The van der Waals surface area contributed by atoms with Gasteiger partial charge in [0.05, 0.1) is 44.1 Å². The van der Waals surface area contributed by atoms with Crippen molar-refractivity contribution in [2.45, 2.75) is 214 Å². The van der Waals surface area contributed by atoms with Crippen molar-refractivity contribution in [3.05, 3.63) is 214 Å². The van der Waals surface area contributed by atoms with E-state index < -0.39 is 4.30 Å². The van der Waals surface area contributed by atoms with Crippen LogP contribution in [0.3, 0.4) is 0 Å². The molecule has 0 aliphatic heterocycles. The molecule has 0 atom stereocenters. The maximum atomic E-state index is 4.81. The van der Waals surface area contributed by atoms with Crippen LogP contribution in [0.25, 0.3) is 149 Å². The Morgan fingerprint density at radius 3 is 0.528 bits per heavy atom. The third-order valence-corrected chi connectivity index (χ3v) is 23.7. The van der Waals surface area contributed by atoms with E-state index in [-0.39, 0.29) is 43.3 Å². The summed E-state index contributed by atoms with van der Waals surface area (Å²) in [7, 11) is 0. The maximum Gasteiger partial charge on any atom is 0.180 e. The van der Waals surface area contributed by atoms with Gasteiger partial charge in [-0.2, -0.15) is 0 Å². The van der Waals surface area contributed by atoms with Crippen molar-refractivity contribution < 1.29 is 0 Å². The zero-order valence-corrected chi connectivity index (χ0v) is 70.0. The van der Waals surface area contributed by atoms with Gasteiger partial charge < -0.3 is 19.9 Å². The lowest BCUT2D eigenvalue weighted by molar-refractivity contribution is 0.591. The first kappa shape index (κ1) is 74.3. The Hall–Kier alpha value is -8.53. The third kappa shape index (κ3) is 13.9. The summed E-state index contributed by atoms with van der Waals surface area (Å²) in [5.41, 5.74) is 19.1. The Bertz CT molecular complexity index is 5620. The molecule has 0 saturated carbocycles. The molecule has 0 amide bonds. The second-order valence-electron chi connectivity index (χ2n) is 37.6.